The monoisotopic (exact) mass is 429 g/mol. The summed E-state index contributed by atoms with van der Waals surface area (Å²) < 4.78 is 17.0. The van der Waals surface area contributed by atoms with Crippen molar-refractivity contribution in [2.75, 3.05) is 25.7 Å². The van der Waals surface area contributed by atoms with Gasteiger partial charge in [-0.15, -0.1) is 0 Å². The van der Waals surface area contributed by atoms with Crippen LogP contribution in [0.15, 0.2) is 47.4 Å². The summed E-state index contributed by atoms with van der Waals surface area (Å²) in [6.07, 6.45) is 3.86. The number of anilines is 1. The van der Waals surface area contributed by atoms with E-state index in [1.54, 1.807) is 32.4 Å². The minimum atomic E-state index is -0.199. The first-order valence-electron chi connectivity index (χ1n) is 9.30. The van der Waals surface area contributed by atoms with Crippen molar-refractivity contribution in [3.8, 4) is 17.2 Å². The second-order valence-electron chi connectivity index (χ2n) is 6.29. The third-order valence-corrected chi connectivity index (χ3v) is 5.68. The lowest BCUT2D eigenvalue weighted by molar-refractivity contribution is -0.113. The summed E-state index contributed by atoms with van der Waals surface area (Å²) in [6, 6.07) is 13.0. The molecule has 0 unspecified atom stereocenters. The van der Waals surface area contributed by atoms with E-state index >= 15 is 0 Å². The van der Waals surface area contributed by atoms with Crippen LogP contribution in [0.5, 0.6) is 17.2 Å². The Kier molecular flexibility index (Phi) is 7.17. The number of hydrogen-bond acceptors (Lipinski definition) is 6. The van der Waals surface area contributed by atoms with Gasteiger partial charge in [-0.05, 0) is 30.7 Å². The molecule has 0 aliphatic carbocycles. The number of para-hydroxylation sites is 1. The fraction of sp³-hybridized carbons (Fsp3) is 0.273. The van der Waals surface area contributed by atoms with E-state index in [4.69, 9.17) is 26.4 Å². The van der Waals surface area contributed by atoms with Gasteiger partial charge in [-0.3, -0.25) is 9.69 Å². The number of ether oxygens (including phenoxy) is 3. The molecule has 1 heterocycles. The fourth-order valence-corrected chi connectivity index (χ4v) is 4.12. The van der Waals surface area contributed by atoms with Gasteiger partial charge in [0, 0.05) is 11.6 Å². The number of thioether (sulfide) groups is 1. The third-order valence-electron chi connectivity index (χ3n) is 4.38. The van der Waals surface area contributed by atoms with Crippen LogP contribution in [0.4, 0.5) is 5.69 Å². The lowest BCUT2D eigenvalue weighted by Crippen LogP contribution is -2.28. The van der Waals surface area contributed by atoms with E-state index in [0.29, 0.717) is 33.0 Å². The zero-order valence-electron chi connectivity index (χ0n) is 16.6. The molecule has 1 aliphatic heterocycles. The first kappa shape index (κ1) is 21.2. The smallest absolute Gasteiger partial charge is 0.270 e. The minimum Gasteiger partial charge on any atom is -0.497 e. The van der Waals surface area contributed by atoms with Crippen molar-refractivity contribution in [3.63, 3.8) is 0 Å². The summed E-state index contributed by atoms with van der Waals surface area (Å²) in [6.45, 7) is 2.76. The van der Waals surface area contributed by atoms with Gasteiger partial charge in [-0.1, -0.05) is 55.5 Å². The van der Waals surface area contributed by atoms with Crippen molar-refractivity contribution in [3.05, 3.63) is 52.9 Å². The van der Waals surface area contributed by atoms with E-state index in [1.165, 1.54) is 16.7 Å². The average Bonchev–Trinajstić information content (AvgIpc) is 3.01. The van der Waals surface area contributed by atoms with Gasteiger partial charge in [0.05, 0.1) is 31.4 Å². The normalized spacial score (nSPS) is 15.1. The predicted molar refractivity (Wildman–Crippen MR) is 122 cm³/mol. The Bertz CT molecular complexity index is 942. The second-order valence-corrected chi connectivity index (χ2v) is 7.97. The fourth-order valence-electron chi connectivity index (χ4n) is 2.85. The molecule has 5 nitrogen and oxygen atoms in total. The lowest BCUT2D eigenvalue weighted by Gasteiger charge is -2.18. The largest absolute Gasteiger partial charge is 0.497 e. The van der Waals surface area contributed by atoms with E-state index < -0.39 is 0 Å². The Morgan fingerprint density at radius 1 is 1.10 bits per heavy atom. The highest BCUT2D eigenvalue weighted by Gasteiger charge is 2.35. The first-order chi connectivity index (χ1) is 14.1. The molecule has 1 aliphatic rings. The first-order valence-corrected chi connectivity index (χ1v) is 10.5. The molecule has 3 rings (SSSR count). The minimum absolute atomic E-state index is 0.199. The maximum atomic E-state index is 13.2. The Hall–Kier alpha value is -2.51. The van der Waals surface area contributed by atoms with Crippen LogP contribution in [0.1, 0.15) is 25.3 Å². The van der Waals surface area contributed by atoms with Gasteiger partial charge in [0.25, 0.3) is 5.91 Å². The Morgan fingerprint density at radius 2 is 1.90 bits per heavy atom. The van der Waals surface area contributed by atoms with E-state index in [-0.39, 0.29) is 5.91 Å². The van der Waals surface area contributed by atoms with E-state index in [0.717, 1.165) is 24.2 Å². The van der Waals surface area contributed by atoms with Crippen molar-refractivity contribution in [1.82, 2.24) is 0 Å². The number of thiocarbonyl (C=S) groups is 1. The topological polar surface area (TPSA) is 48.0 Å². The van der Waals surface area contributed by atoms with E-state index in [2.05, 4.69) is 6.92 Å². The number of unbranched alkanes of at least 4 members (excludes halogenated alkanes) is 1. The van der Waals surface area contributed by atoms with Crippen LogP contribution in [-0.2, 0) is 4.79 Å². The van der Waals surface area contributed by atoms with E-state index in [9.17, 15) is 4.79 Å². The summed E-state index contributed by atoms with van der Waals surface area (Å²) in [7, 11) is 3.13. The van der Waals surface area contributed by atoms with Gasteiger partial charge >= 0.3 is 0 Å². The maximum Gasteiger partial charge on any atom is 0.270 e. The number of carbonyl (C=O) groups is 1. The maximum absolute atomic E-state index is 13.2. The SMILES string of the molecule is CCCCOc1ccccc1/C=C1\SC(=S)N(c2cc(OC)ccc2OC)C1=O. The molecule has 29 heavy (non-hydrogen) atoms. The molecule has 1 fully saturated rings. The number of benzene rings is 2. The average molecular weight is 430 g/mol. The summed E-state index contributed by atoms with van der Waals surface area (Å²) in [5, 5.41) is 0. The molecule has 0 radical (unpaired) electrons. The third kappa shape index (κ3) is 4.74. The lowest BCUT2D eigenvalue weighted by atomic mass is 10.1. The van der Waals surface area contributed by atoms with Crippen LogP contribution in [0.2, 0.25) is 0 Å². The van der Waals surface area contributed by atoms with Gasteiger partial charge < -0.3 is 14.2 Å². The quantitative estimate of drug-likeness (QED) is 0.323. The number of nitrogens with zero attached hydrogens (tertiary/aromatic N) is 1. The van der Waals surface area contributed by atoms with Crippen LogP contribution in [0.3, 0.4) is 0 Å². The van der Waals surface area contributed by atoms with Crippen LogP contribution in [-0.4, -0.2) is 31.1 Å². The van der Waals surface area contributed by atoms with Crippen molar-refractivity contribution in [2.24, 2.45) is 0 Å². The van der Waals surface area contributed by atoms with Gasteiger partial charge in [-0.2, -0.15) is 0 Å². The molecule has 1 amide bonds. The summed E-state index contributed by atoms with van der Waals surface area (Å²) in [4.78, 5) is 15.2. The molecule has 0 N–H and O–H groups in total. The molecule has 152 valence electrons. The van der Waals surface area contributed by atoms with Crippen LogP contribution >= 0.6 is 24.0 Å². The number of carbonyl (C=O) groups excluding carboxylic acids is 1. The highest BCUT2D eigenvalue weighted by molar-refractivity contribution is 8.27. The summed E-state index contributed by atoms with van der Waals surface area (Å²) in [5.74, 6) is 1.72. The van der Waals surface area contributed by atoms with Crippen LogP contribution in [0, 0.1) is 0 Å². The molecule has 2 aromatic carbocycles. The molecule has 2 aromatic rings. The van der Waals surface area contributed by atoms with Crippen molar-refractivity contribution in [2.45, 2.75) is 19.8 Å². The van der Waals surface area contributed by atoms with Crippen molar-refractivity contribution >= 4 is 46.0 Å². The highest BCUT2D eigenvalue weighted by Crippen LogP contribution is 2.41. The molecule has 0 spiro atoms. The Labute approximate surface area is 180 Å². The van der Waals surface area contributed by atoms with Crippen LogP contribution < -0.4 is 19.1 Å². The van der Waals surface area contributed by atoms with E-state index in [1.807, 2.05) is 30.3 Å². The Balaban J connectivity index is 1.92. The number of rotatable bonds is 8. The predicted octanol–water partition coefficient (Wildman–Crippen LogP) is 5.29. The second kappa shape index (κ2) is 9.80. The molecule has 0 saturated carbocycles. The zero-order chi connectivity index (χ0) is 20.8. The molecule has 0 atom stereocenters. The van der Waals surface area contributed by atoms with Crippen molar-refractivity contribution < 1.29 is 19.0 Å². The Morgan fingerprint density at radius 3 is 2.62 bits per heavy atom. The van der Waals surface area contributed by atoms with Gasteiger partial charge in [0.1, 0.15) is 17.2 Å². The molecular weight excluding hydrogens is 406 g/mol. The van der Waals surface area contributed by atoms with Crippen molar-refractivity contribution in [1.29, 1.82) is 0 Å². The number of hydrogen-bond donors (Lipinski definition) is 0. The van der Waals surface area contributed by atoms with Gasteiger partial charge in [0.15, 0.2) is 4.32 Å². The van der Waals surface area contributed by atoms with Gasteiger partial charge in [0.2, 0.25) is 0 Å². The number of amides is 1. The number of methoxy groups -OCH3 is 2. The van der Waals surface area contributed by atoms with Gasteiger partial charge in [-0.25, -0.2) is 0 Å². The summed E-state index contributed by atoms with van der Waals surface area (Å²) >= 11 is 6.76. The molecule has 7 heteroatoms. The summed E-state index contributed by atoms with van der Waals surface area (Å²) in [5.41, 5.74) is 1.41. The zero-order valence-corrected chi connectivity index (χ0v) is 18.3. The molecule has 1 saturated heterocycles. The molecule has 0 aromatic heterocycles. The highest BCUT2D eigenvalue weighted by atomic mass is 32.2. The van der Waals surface area contributed by atoms with Crippen LogP contribution in [0.25, 0.3) is 6.08 Å². The molecular formula is C22H23NO4S2. The molecule has 0 bridgehead atoms. The standard InChI is InChI=1S/C22H23NO4S2/c1-4-5-12-27-18-9-7-6-8-15(18)13-20-21(24)23(22(28)29-20)17-14-16(25-2)10-11-19(17)26-3/h6-11,13-14H,4-5,12H2,1-3H3/b20-13-.